The normalized spacial score (nSPS) is 15.4. The van der Waals surface area contributed by atoms with E-state index in [2.05, 4.69) is 20.7 Å². The summed E-state index contributed by atoms with van der Waals surface area (Å²) in [6.45, 7) is 1.01. The summed E-state index contributed by atoms with van der Waals surface area (Å²) in [5.41, 5.74) is -10.3. The number of halogens is 13. The van der Waals surface area contributed by atoms with Crippen LogP contribution in [0.3, 0.4) is 0 Å². The molecule has 1 nitrogen and oxygen atoms in total. The molecule has 1 unspecified atom stereocenters. The summed E-state index contributed by atoms with van der Waals surface area (Å²) in [7, 11) is 0. The Hall–Kier alpha value is -2.12. The van der Waals surface area contributed by atoms with Gasteiger partial charge in [0.25, 0.3) is 0 Å². The zero-order chi connectivity index (χ0) is 24.9. The van der Waals surface area contributed by atoms with Gasteiger partial charge >= 0.3 is 30.3 Å². The molecule has 1 atom stereocenters. The van der Waals surface area contributed by atoms with Gasteiger partial charge in [0, 0.05) is 15.6 Å². The van der Waals surface area contributed by atoms with Gasteiger partial charge in [0.15, 0.2) is 0 Å². The van der Waals surface area contributed by atoms with Crippen LogP contribution in [-0.4, -0.2) is 24.6 Å². The van der Waals surface area contributed by atoms with Gasteiger partial charge in [-0.15, -0.1) is 13.2 Å². The number of rotatable bonds is 4. The van der Waals surface area contributed by atoms with Crippen molar-refractivity contribution in [2.45, 2.75) is 37.2 Å². The first-order valence-corrected chi connectivity index (χ1v) is 8.88. The average Bonchev–Trinajstić information content (AvgIpc) is 2.58. The Labute approximate surface area is 180 Å². The zero-order valence-corrected chi connectivity index (χ0v) is 16.9. The Morgan fingerprint density at radius 3 is 1.62 bits per heavy atom. The number of alkyl halides is 12. The van der Waals surface area contributed by atoms with E-state index in [-0.39, 0.29) is 11.6 Å². The summed E-state index contributed by atoms with van der Waals surface area (Å²) in [6.07, 6.45) is -18.8. The van der Waals surface area contributed by atoms with Gasteiger partial charge in [0.1, 0.15) is 5.75 Å². The van der Waals surface area contributed by atoms with Crippen molar-refractivity contribution in [2.75, 3.05) is 0 Å². The number of ether oxygens (including phenoxy) is 1. The second-order valence-corrected chi connectivity index (χ2v) is 7.32. The largest absolute Gasteiger partial charge is 0.573 e. The number of hydrogen-bond acceptors (Lipinski definition) is 1. The van der Waals surface area contributed by atoms with Gasteiger partial charge in [-0.25, -0.2) is 4.39 Å². The molecule has 0 saturated heterocycles. The average molecular weight is 549 g/mol. The molecule has 0 aliphatic rings. The molecule has 32 heavy (non-hydrogen) atoms. The van der Waals surface area contributed by atoms with Crippen LogP contribution in [0.4, 0.5) is 52.7 Å². The van der Waals surface area contributed by atoms with Gasteiger partial charge in [0.05, 0.1) is 0 Å². The van der Waals surface area contributed by atoms with Crippen molar-refractivity contribution in [2.24, 2.45) is 0 Å². The van der Waals surface area contributed by atoms with Crippen LogP contribution in [0, 0.1) is 6.92 Å². The number of benzene rings is 2. The first kappa shape index (κ1) is 26.1. The molecule has 2 aromatic rings. The molecule has 178 valence electrons. The van der Waals surface area contributed by atoms with Crippen molar-refractivity contribution in [3.05, 3.63) is 52.0 Å². The minimum atomic E-state index is -6.94. The molecule has 0 N–H and O–H groups in total. The van der Waals surface area contributed by atoms with Crippen LogP contribution in [0.2, 0.25) is 0 Å². The highest BCUT2D eigenvalue weighted by molar-refractivity contribution is 9.10. The van der Waals surface area contributed by atoms with E-state index in [0.29, 0.717) is 24.3 Å². The highest BCUT2D eigenvalue weighted by Crippen LogP contribution is 2.60. The van der Waals surface area contributed by atoms with Crippen LogP contribution in [0.15, 0.2) is 40.9 Å². The Kier molecular flexibility index (Phi) is 6.56. The van der Waals surface area contributed by atoms with Gasteiger partial charge < -0.3 is 4.74 Å². The van der Waals surface area contributed by atoms with Gasteiger partial charge in [-0.1, -0.05) is 34.1 Å². The molecule has 0 aromatic heterocycles. The summed E-state index contributed by atoms with van der Waals surface area (Å²) >= 11 is 2.71. The first-order chi connectivity index (χ1) is 14.2. The summed E-state index contributed by atoms with van der Waals surface area (Å²) < 4.78 is 162. The second kappa shape index (κ2) is 8.03. The van der Waals surface area contributed by atoms with E-state index < -0.39 is 57.2 Å². The molecule has 2 aromatic carbocycles. The van der Waals surface area contributed by atoms with Crippen molar-refractivity contribution in [3.63, 3.8) is 0 Å². The van der Waals surface area contributed by atoms with Crippen molar-refractivity contribution >= 4 is 15.9 Å². The number of hydrogen-bond donors (Lipinski definition) is 0. The first-order valence-electron chi connectivity index (χ1n) is 8.09. The maximum atomic E-state index is 15.1. The summed E-state index contributed by atoms with van der Waals surface area (Å²) in [5, 5.41) is 0. The van der Waals surface area contributed by atoms with E-state index >= 15 is 4.39 Å². The molecular formula is C18H9BrF12O. The van der Waals surface area contributed by atoms with Gasteiger partial charge in [-0.2, -0.15) is 35.1 Å². The number of aryl methyl sites for hydroxylation is 1. The van der Waals surface area contributed by atoms with Crippen LogP contribution >= 0.6 is 15.9 Å². The molecule has 0 amide bonds. The molecule has 0 aliphatic heterocycles. The molecule has 0 aliphatic carbocycles. The van der Waals surface area contributed by atoms with E-state index in [9.17, 15) is 48.3 Å². The quantitative estimate of drug-likeness (QED) is 0.349. The molecule has 0 bridgehead atoms. The third-order valence-electron chi connectivity index (χ3n) is 4.16. The lowest BCUT2D eigenvalue weighted by Gasteiger charge is -2.37. The lowest BCUT2D eigenvalue weighted by molar-refractivity contribution is -0.389. The molecule has 0 spiro atoms. The Balaban J connectivity index is 2.85. The topological polar surface area (TPSA) is 9.23 Å². The van der Waals surface area contributed by atoms with Crippen LogP contribution in [0.25, 0.3) is 11.1 Å². The molecule has 2 rings (SSSR count). The smallest absolute Gasteiger partial charge is 0.406 e. The highest BCUT2D eigenvalue weighted by atomic mass is 79.9. The minimum Gasteiger partial charge on any atom is -0.406 e. The summed E-state index contributed by atoms with van der Waals surface area (Å²) in [5.74, 6) is -7.78. The van der Waals surface area contributed by atoms with Crippen molar-refractivity contribution in [1.82, 2.24) is 0 Å². The predicted octanol–water partition coefficient (Wildman–Crippen LogP) is 8.25. The van der Waals surface area contributed by atoms with E-state index in [4.69, 9.17) is 0 Å². The van der Waals surface area contributed by atoms with E-state index in [0.717, 1.165) is 13.0 Å². The summed E-state index contributed by atoms with van der Waals surface area (Å²) in [4.78, 5) is 0. The van der Waals surface area contributed by atoms with Gasteiger partial charge in [0.2, 0.25) is 0 Å². The third kappa shape index (κ3) is 4.64. The zero-order valence-electron chi connectivity index (χ0n) is 15.3. The van der Waals surface area contributed by atoms with Crippen molar-refractivity contribution in [3.8, 4) is 16.9 Å². The highest BCUT2D eigenvalue weighted by Gasteiger charge is 2.82. The monoisotopic (exact) mass is 548 g/mol. The Bertz CT molecular complexity index is 976. The molecular weight excluding hydrogens is 540 g/mol. The van der Waals surface area contributed by atoms with E-state index in [1.165, 1.54) is 0 Å². The predicted molar refractivity (Wildman–Crippen MR) is 90.8 cm³/mol. The molecule has 14 heteroatoms. The van der Waals surface area contributed by atoms with E-state index in [1.54, 1.807) is 0 Å². The van der Waals surface area contributed by atoms with Crippen LogP contribution in [0.5, 0.6) is 5.75 Å². The Morgan fingerprint density at radius 1 is 0.719 bits per heavy atom. The lowest BCUT2D eigenvalue weighted by Crippen LogP contribution is -2.60. The van der Waals surface area contributed by atoms with Gasteiger partial charge in [-0.3, -0.25) is 0 Å². The van der Waals surface area contributed by atoms with Crippen LogP contribution in [0.1, 0.15) is 11.1 Å². The third-order valence-corrected chi connectivity index (χ3v) is 4.79. The SMILES string of the molecule is Cc1cc(Br)c(-c2ccc(OC(F)(F)F)cc2)c(C(F)(C(F)(F)F)C(F)(F)C(F)(F)F)c1. The molecule has 0 fully saturated rings. The standard InChI is InChI=1S/C18H9BrF12O/c1-8-6-11(14(20,16(23,24)25)15(21,22)17(26,27)28)13(12(19)7-8)9-2-4-10(5-3-9)32-18(29,30)31/h2-7H,1H3. The van der Waals surface area contributed by atoms with Crippen LogP contribution in [-0.2, 0) is 5.67 Å². The Morgan fingerprint density at radius 2 is 1.22 bits per heavy atom. The summed E-state index contributed by atoms with van der Waals surface area (Å²) in [6, 6.07) is 3.57. The van der Waals surface area contributed by atoms with Gasteiger partial charge in [-0.05, 0) is 36.2 Å². The maximum absolute atomic E-state index is 15.1. The lowest BCUT2D eigenvalue weighted by atomic mass is 9.82. The fraction of sp³-hybridized carbons (Fsp3) is 0.333. The second-order valence-electron chi connectivity index (χ2n) is 6.47. The molecule has 0 radical (unpaired) electrons. The van der Waals surface area contributed by atoms with Crippen molar-refractivity contribution in [1.29, 1.82) is 0 Å². The van der Waals surface area contributed by atoms with Crippen molar-refractivity contribution < 1.29 is 57.4 Å². The molecule has 0 saturated carbocycles. The van der Waals surface area contributed by atoms with E-state index in [1.807, 2.05) is 0 Å². The molecule has 0 heterocycles. The van der Waals surface area contributed by atoms with Crippen LogP contribution < -0.4 is 4.74 Å². The maximum Gasteiger partial charge on any atom is 0.573 e. The minimum absolute atomic E-state index is 0.160. The fourth-order valence-corrected chi connectivity index (χ4v) is 3.63. The fourth-order valence-electron chi connectivity index (χ4n) is 2.83.